The third-order valence-electron chi connectivity index (χ3n) is 3.39. The molecule has 0 fully saturated rings. The third-order valence-corrected chi connectivity index (χ3v) is 4.16. The van der Waals surface area contributed by atoms with Gasteiger partial charge in [0.2, 0.25) is 5.95 Å². The van der Waals surface area contributed by atoms with Crippen molar-refractivity contribution in [2.75, 3.05) is 11.9 Å². The van der Waals surface area contributed by atoms with Crippen molar-refractivity contribution in [2.24, 2.45) is 5.73 Å². The Morgan fingerprint density at radius 1 is 1.24 bits per heavy atom. The van der Waals surface area contributed by atoms with Gasteiger partial charge in [0, 0.05) is 17.8 Å². The number of nitrogens with zero attached hydrogens (tertiary/aromatic N) is 3. The number of hydrogen-bond donors (Lipinski definition) is 2. The van der Waals surface area contributed by atoms with E-state index in [0.29, 0.717) is 12.4 Å². The van der Waals surface area contributed by atoms with E-state index in [1.807, 2.05) is 29.6 Å². The summed E-state index contributed by atoms with van der Waals surface area (Å²) in [5.74, 6) is 3.70. The maximum Gasteiger partial charge on any atom is 0.228 e. The highest BCUT2D eigenvalue weighted by Gasteiger charge is 2.12. The average Bonchev–Trinajstić information content (AvgIpc) is 3.11. The van der Waals surface area contributed by atoms with Crippen LogP contribution in [0.25, 0.3) is 0 Å². The summed E-state index contributed by atoms with van der Waals surface area (Å²) in [6, 6.07) is 9.31. The maximum atomic E-state index is 6.28. The van der Waals surface area contributed by atoms with E-state index in [0.717, 1.165) is 22.1 Å². The van der Waals surface area contributed by atoms with Gasteiger partial charge in [0.25, 0.3) is 0 Å². The first-order chi connectivity index (χ1) is 12.2. The first-order valence-electron chi connectivity index (χ1n) is 7.65. The Morgan fingerprint density at radius 2 is 2.00 bits per heavy atom. The molecule has 0 saturated heterocycles. The Hall–Kier alpha value is -2.95. The van der Waals surface area contributed by atoms with Crippen molar-refractivity contribution in [3.05, 3.63) is 59.4 Å². The molecule has 3 aromatic rings. The van der Waals surface area contributed by atoms with Gasteiger partial charge in [-0.05, 0) is 30.2 Å². The molecule has 126 valence electrons. The Morgan fingerprint density at radius 3 is 2.72 bits per heavy atom. The molecule has 2 aromatic heterocycles. The lowest BCUT2D eigenvalue weighted by Crippen LogP contribution is -2.13. The highest BCUT2D eigenvalue weighted by Crippen LogP contribution is 2.24. The van der Waals surface area contributed by atoms with Gasteiger partial charge in [-0.2, -0.15) is 0 Å². The molecule has 0 aliphatic rings. The van der Waals surface area contributed by atoms with E-state index >= 15 is 0 Å². The van der Waals surface area contributed by atoms with Crippen LogP contribution in [0.5, 0.6) is 5.75 Å². The van der Waals surface area contributed by atoms with Gasteiger partial charge in [0.15, 0.2) is 5.13 Å². The lowest BCUT2D eigenvalue weighted by molar-refractivity contribution is 0.370. The van der Waals surface area contributed by atoms with Crippen molar-refractivity contribution in [3.63, 3.8) is 0 Å². The molecule has 0 amide bonds. The van der Waals surface area contributed by atoms with Crippen LogP contribution in [0.1, 0.15) is 17.3 Å². The second kappa shape index (κ2) is 8.24. The van der Waals surface area contributed by atoms with E-state index in [2.05, 4.69) is 26.2 Å². The number of terminal acetylenes is 1. The second-order valence-corrected chi connectivity index (χ2v) is 6.08. The van der Waals surface area contributed by atoms with Gasteiger partial charge in [-0.1, -0.05) is 18.1 Å². The summed E-state index contributed by atoms with van der Waals surface area (Å²) < 4.78 is 5.36. The van der Waals surface area contributed by atoms with Crippen molar-refractivity contribution in [1.29, 1.82) is 0 Å². The number of thiazole rings is 1. The number of anilines is 2. The zero-order valence-corrected chi connectivity index (χ0v) is 14.2. The number of aromatic nitrogens is 3. The molecule has 0 spiro atoms. The predicted molar refractivity (Wildman–Crippen MR) is 98.8 cm³/mol. The van der Waals surface area contributed by atoms with E-state index in [1.54, 1.807) is 18.5 Å². The van der Waals surface area contributed by atoms with Crippen LogP contribution in [0.3, 0.4) is 0 Å². The molecule has 7 heteroatoms. The summed E-state index contributed by atoms with van der Waals surface area (Å²) in [5.41, 5.74) is 8.22. The molecule has 3 rings (SSSR count). The van der Waals surface area contributed by atoms with E-state index < -0.39 is 0 Å². The van der Waals surface area contributed by atoms with E-state index in [9.17, 15) is 0 Å². The minimum Gasteiger partial charge on any atom is -0.481 e. The summed E-state index contributed by atoms with van der Waals surface area (Å²) in [6.07, 6.45) is 9.20. The molecule has 1 unspecified atom stereocenters. The normalized spacial score (nSPS) is 11.5. The Kier molecular flexibility index (Phi) is 5.57. The maximum absolute atomic E-state index is 6.28. The van der Waals surface area contributed by atoms with Gasteiger partial charge in [-0.25, -0.2) is 15.0 Å². The van der Waals surface area contributed by atoms with Gasteiger partial charge in [0.05, 0.1) is 11.7 Å². The number of nitrogens with one attached hydrogen (secondary N) is 1. The standard InChI is InChI=1S/C18H17N5OS/c1-2-10-24-14-6-4-13(5-7-14)11-15(19)16-12-25-18(22-16)23-17-20-8-3-9-21-17/h1,3-9,12,15H,10-11,19H2,(H,20,21,22,23). The molecule has 6 nitrogen and oxygen atoms in total. The van der Waals surface area contributed by atoms with Crippen LogP contribution in [0.15, 0.2) is 48.1 Å². The summed E-state index contributed by atoms with van der Waals surface area (Å²) in [6.45, 7) is 0.262. The summed E-state index contributed by atoms with van der Waals surface area (Å²) in [7, 11) is 0. The van der Waals surface area contributed by atoms with Gasteiger partial charge >= 0.3 is 0 Å². The largest absolute Gasteiger partial charge is 0.481 e. The third kappa shape index (κ3) is 4.76. The molecule has 0 bridgehead atoms. The van der Waals surface area contributed by atoms with Crippen molar-refractivity contribution in [3.8, 4) is 18.1 Å². The molecule has 3 N–H and O–H groups in total. The predicted octanol–water partition coefficient (Wildman–Crippen LogP) is 2.93. The minimum absolute atomic E-state index is 0.194. The van der Waals surface area contributed by atoms with Gasteiger partial charge < -0.3 is 15.8 Å². The molecule has 2 heterocycles. The molecule has 25 heavy (non-hydrogen) atoms. The van der Waals surface area contributed by atoms with Crippen molar-refractivity contribution in [2.45, 2.75) is 12.5 Å². The molecular formula is C18H17N5OS. The zero-order valence-electron chi connectivity index (χ0n) is 13.4. The van der Waals surface area contributed by atoms with Crippen LogP contribution in [0.2, 0.25) is 0 Å². The quantitative estimate of drug-likeness (QED) is 0.637. The highest BCUT2D eigenvalue weighted by molar-refractivity contribution is 7.13. The lowest BCUT2D eigenvalue weighted by Gasteiger charge is -2.10. The molecule has 0 saturated carbocycles. The average molecular weight is 351 g/mol. The van der Waals surface area contributed by atoms with Gasteiger partial charge in [-0.15, -0.1) is 17.8 Å². The molecule has 0 aliphatic heterocycles. The van der Waals surface area contributed by atoms with E-state index in [4.69, 9.17) is 16.9 Å². The number of ether oxygens (including phenoxy) is 1. The summed E-state index contributed by atoms with van der Waals surface area (Å²) in [5, 5.41) is 5.73. The summed E-state index contributed by atoms with van der Waals surface area (Å²) in [4.78, 5) is 12.7. The Labute approximate surface area is 150 Å². The monoisotopic (exact) mass is 351 g/mol. The van der Waals surface area contributed by atoms with Crippen LogP contribution >= 0.6 is 11.3 Å². The Bertz CT molecular complexity index is 842. The van der Waals surface area contributed by atoms with Crippen LogP contribution in [0, 0.1) is 12.3 Å². The minimum atomic E-state index is -0.194. The number of nitrogens with two attached hydrogens (primary N) is 1. The zero-order chi connectivity index (χ0) is 17.5. The van der Waals surface area contributed by atoms with Crippen LogP contribution in [0.4, 0.5) is 11.1 Å². The fourth-order valence-electron chi connectivity index (χ4n) is 2.18. The van der Waals surface area contributed by atoms with Crippen molar-refractivity contribution >= 4 is 22.4 Å². The van der Waals surface area contributed by atoms with E-state index in [1.165, 1.54) is 11.3 Å². The van der Waals surface area contributed by atoms with Gasteiger partial charge in [-0.3, -0.25) is 0 Å². The van der Waals surface area contributed by atoms with Crippen molar-refractivity contribution < 1.29 is 4.74 Å². The molecule has 1 atom stereocenters. The smallest absolute Gasteiger partial charge is 0.228 e. The van der Waals surface area contributed by atoms with Crippen molar-refractivity contribution in [1.82, 2.24) is 15.0 Å². The first kappa shape index (κ1) is 16.9. The van der Waals surface area contributed by atoms with Crippen LogP contribution in [-0.4, -0.2) is 21.6 Å². The first-order valence-corrected chi connectivity index (χ1v) is 8.53. The Balaban J connectivity index is 1.60. The number of hydrogen-bond acceptors (Lipinski definition) is 7. The van der Waals surface area contributed by atoms with Gasteiger partial charge in [0.1, 0.15) is 12.4 Å². The highest BCUT2D eigenvalue weighted by atomic mass is 32.1. The lowest BCUT2D eigenvalue weighted by atomic mass is 10.0. The fourth-order valence-corrected chi connectivity index (χ4v) is 2.95. The molecule has 1 aromatic carbocycles. The topological polar surface area (TPSA) is 86.0 Å². The van der Waals surface area contributed by atoms with Crippen LogP contribution in [-0.2, 0) is 6.42 Å². The number of benzene rings is 1. The SMILES string of the molecule is C#CCOc1ccc(CC(N)c2csc(Nc3ncccn3)n2)cc1. The number of rotatable bonds is 7. The molecule has 0 aliphatic carbocycles. The molecular weight excluding hydrogens is 334 g/mol. The second-order valence-electron chi connectivity index (χ2n) is 5.22. The fraction of sp³-hybridized carbons (Fsp3) is 0.167. The van der Waals surface area contributed by atoms with E-state index in [-0.39, 0.29) is 12.6 Å². The molecule has 0 radical (unpaired) electrons. The summed E-state index contributed by atoms with van der Waals surface area (Å²) >= 11 is 1.47. The van der Waals surface area contributed by atoms with Crippen LogP contribution < -0.4 is 15.8 Å².